The summed E-state index contributed by atoms with van der Waals surface area (Å²) < 4.78 is 0. The van der Waals surface area contributed by atoms with Crippen LogP contribution < -0.4 is 16.0 Å². The zero-order valence-electron chi connectivity index (χ0n) is 13.5. The van der Waals surface area contributed by atoms with Gasteiger partial charge in [-0.1, -0.05) is 19.3 Å². The first-order valence-electron chi connectivity index (χ1n) is 7.53. The van der Waals surface area contributed by atoms with Crippen LogP contribution in [0, 0.1) is 0 Å². The van der Waals surface area contributed by atoms with E-state index in [4.69, 9.17) is 0 Å². The molecule has 3 amide bonds. The number of hydrogen-bond donors (Lipinski definition) is 3. The Bertz CT molecular complexity index is 407. The molecule has 21 heavy (non-hydrogen) atoms. The maximum Gasteiger partial charge on any atom is 0.246 e. The number of nitrogens with one attached hydrogen (secondary N) is 3. The van der Waals surface area contributed by atoms with Gasteiger partial charge in [-0.3, -0.25) is 14.4 Å². The molecule has 0 saturated heterocycles. The lowest BCUT2D eigenvalue weighted by atomic mass is 9.80. The van der Waals surface area contributed by atoms with Crippen LogP contribution in [-0.2, 0) is 14.4 Å². The Kier molecular flexibility index (Phi) is 5.75. The molecular formula is C15H27N3O3. The van der Waals surface area contributed by atoms with Crippen LogP contribution in [-0.4, -0.2) is 35.3 Å². The molecule has 1 aliphatic rings. The minimum Gasteiger partial charge on any atom is -0.350 e. The van der Waals surface area contributed by atoms with Gasteiger partial charge in [0.05, 0.1) is 6.54 Å². The van der Waals surface area contributed by atoms with Crippen molar-refractivity contribution in [1.82, 2.24) is 16.0 Å². The summed E-state index contributed by atoms with van der Waals surface area (Å²) in [6, 6.07) is 0. The predicted molar refractivity (Wildman–Crippen MR) is 80.5 cm³/mol. The van der Waals surface area contributed by atoms with Crippen molar-refractivity contribution in [2.24, 2.45) is 0 Å². The lowest BCUT2D eigenvalue weighted by Gasteiger charge is -2.36. The Labute approximate surface area is 126 Å². The van der Waals surface area contributed by atoms with Gasteiger partial charge in [-0.2, -0.15) is 0 Å². The van der Waals surface area contributed by atoms with Gasteiger partial charge in [0.25, 0.3) is 0 Å². The van der Waals surface area contributed by atoms with Crippen molar-refractivity contribution in [3.63, 3.8) is 0 Å². The molecule has 0 aromatic rings. The number of carbonyl (C=O) groups excluding carboxylic acids is 3. The summed E-state index contributed by atoms with van der Waals surface area (Å²) in [6.07, 6.45) is 4.13. The maximum absolute atomic E-state index is 12.4. The van der Waals surface area contributed by atoms with E-state index in [1.807, 2.05) is 20.8 Å². The van der Waals surface area contributed by atoms with Gasteiger partial charge in [-0.25, -0.2) is 0 Å². The summed E-state index contributed by atoms with van der Waals surface area (Å²) in [5.74, 6) is -0.711. The first kappa shape index (κ1) is 17.5. The summed E-state index contributed by atoms with van der Waals surface area (Å²) in [5.41, 5.74) is -1.19. The van der Waals surface area contributed by atoms with Gasteiger partial charge >= 0.3 is 0 Å². The van der Waals surface area contributed by atoms with Gasteiger partial charge in [0.2, 0.25) is 17.7 Å². The van der Waals surface area contributed by atoms with Crippen LogP contribution in [0.15, 0.2) is 0 Å². The fourth-order valence-electron chi connectivity index (χ4n) is 2.69. The standard InChI is InChI=1S/C15H27N3O3/c1-11(19)17-15(8-6-5-7-9-15)13(21)16-10-12(20)18-14(2,3)4/h5-10H2,1-4H3,(H,16,21)(H,17,19)(H,18,20). The fraction of sp³-hybridized carbons (Fsp3) is 0.800. The molecule has 0 aromatic carbocycles. The lowest BCUT2D eigenvalue weighted by Crippen LogP contribution is -2.60. The second-order valence-corrected chi connectivity index (χ2v) is 6.80. The summed E-state index contributed by atoms with van der Waals surface area (Å²) in [7, 11) is 0. The van der Waals surface area contributed by atoms with Gasteiger partial charge in [-0.15, -0.1) is 0 Å². The first-order valence-corrected chi connectivity index (χ1v) is 7.53. The van der Waals surface area contributed by atoms with Crippen molar-refractivity contribution in [1.29, 1.82) is 0 Å². The molecule has 1 saturated carbocycles. The van der Waals surface area contributed by atoms with Crippen LogP contribution in [0.1, 0.15) is 59.8 Å². The van der Waals surface area contributed by atoms with Crippen molar-refractivity contribution in [2.45, 2.75) is 70.9 Å². The third kappa shape index (κ3) is 5.73. The highest BCUT2D eigenvalue weighted by Crippen LogP contribution is 2.28. The number of amides is 3. The molecule has 0 spiro atoms. The SMILES string of the molecule is CC(=O)NC1(C(=O)NCC(=O)NC(C)(C)C)CCCCC1. The van der Waals surface area contributed by atoms with Gasteiger partial charge in [0, 0.05) is 12.5 Å². The van der Waals surface area contributed by atoms with Gasteiger partial charge in [0.15, 0.2) is 0 Å². The van der Waals surface area contributed by atoms with E-state index in [2.05, 4.69) is 16.0 Å². The van der Waals surface area contributed by atoms with Crippen molar-refractivity contribution in [3.8, 4) is 0 Å². The van der Waals surface area contributed by atoms with E-state index in [-0.39, 0.29) is 29.8 Å². The van der Waals surface area contributed by atoms with Gasteiger partial charge < -0.3 is 16.0 Å². The molecule has 0 unspecified atom stereocenters. The molecule has 0 aromatic heterocycles. The number of rotatable bonds is 4. The van der Waals surface area contributed by atoms with Gasteiger partial charge in [-0.05, 0) is 33.6 Å². The maximum atomic E-state index is 12.4. The van der Waals surface area contributed by atoms with Crippen LogP contribution in [0.5, 0.6) is 0 Å². The summed E-state index contributed by atoms with van der Waals surface area (Å²) in [4.78, 5) is 35.6. The Morgan fingerprint density at radius 2 is 1.62 bits per heavy atom. The second kappa shape index (κ2) is 6.91. The van der Waals surface area contributed by atoms with Crippen molar-refractivity contribution < 1.29 is 14.4 Å². The van der Waals surface area contributed by atoms with Crippen LogP contribution in [0.25, 0.3) is 0 Å². The molecule has 1 fully saturated rings. The summed E-state index contributed by atoms with van der Waals surface area (Å²) in [5, 5.41) is 8.23. The Morgan fingerprint density at radius 1 is 1.05 bits per heavy atom. The minimum absolute atomic E-state index is 0.0720. The van der Waals surface area contributed by atoms with E-state index in [1.54, 1.807) is 0 Å². The quantitative estimate of drug-likeness (QED) is 0.719. The topological polar surface area (TPSA) is 87.3 Å². The smallest absolute Gasteiger partial charge is 0.246 e. The third-order valence-corrected chi connectivity index (χ3v) is 3.48. The van der Waals surface area contributed by atoms with E-state index >= 15 is 0 Å². The zero-order valence-corrected chi connectivity index (χ0v) is 13.5. The Balaban J connectivity index is 2.61. The Hall–Kier alpha value is -1.59. The molecule has 120 valence electrons. The molecule has 1 aliphatic carbocycles. The van der Waals surface area contributed by atoms with Crippen molar-refractivity contribution in [2.75, 3.05) is 6.54 Å². The highest BCUT2D eigenvalue weighted by molar-refractivity contribution is 5.93. The zero-order chi connectivity index (χ0) is 16.1. The second-order valence-electron chi connectivity index (χ2n) is 6.80. The summed E-state index contributed by atoms with van der Waals surface area (Å²) in [6.45, 7) is 6.99. The molecule has 6 nitrogen and oxygen atoms in total. The van der Waals surface area contributed by atoms with Crippen molar-refractivity contribution in [3.05, 3.63) is 0 Å². The fourth-order valence-corrected chi connectivity index (χ4v) is 2.69. The van der Waals surface area contributed by atoms with Crippen LogP contribution in [0.3, 0.4) is 0 Å². The molecule has 0 bridgehead atoms. The van der Waals surface area contributed by atoms with E-state index in [9.17, 15) is 14.4 Å². The monoisotopic (exact) mass is 297 g/mol. The molecule has 0 atom stereocenters. The van der Waals surface area contributed by atoms with Crippen LogP contribution in [0.4, 0.5) is 0 Å². The lowest BCUT2D eigenvalue weighted by molar-refractivity contribution is -0.135. The van der Waals surface area contributed by atoms with Crippen molar-refractivity contribution >= 4 is 17.7 Å². The predicted octanol–water partition coefficient (Wildman–Crippen LogP) is 0.856. The van der Waals surface area contributed by atoms with E-state index in [1.165, 1.54) is 6.92 Å². The highest BCUT2D eigenvalue weighted by Gasteiger charge is 2.40. The highest BCUT2D eigenvalue weighted by atomic mass is 16.2. The molecule has 0 aliphatic heterocycles. The van der Waals surface area contributed by atoms with E-state index < -0.39 is 5.54 Å². The molecular weight excluding hydrogens is 270 g/mol. The first-order chi connectivity index (χ1) is 9.65. The number of hydrogen-bond acceptors (Lipinski definition) is 3. The summed E-state index contributed by atoms with van der Waals surface area (Å²) >= 11 is 0. The molecule has 0 radical (unpaired) electrons. The van der Waals surface area contributed by atoms with Crippen LogP contribution in [0.2, 0.25) is 0 Å². The average molecular weight is 297 g/mol. The minimum atomic E-state index is -0.855. The largest absolute Gasteiger partial charge is 0.350 e. The Morgan fingerprint density at radius 3 is 2.10 bits per heavy atom. The number of carbonyl (C=O) groups is 3. The average Bonchev–Trinajstić information content (AvgIpc) is 2.34. The van der Waals surface area contributed by atoms with Gasteiger partial charge in [0.1, 0.15) is 5.54 Å². The third-order valence-electron chi connectivity index (χ3n) is 3.48. The molecule has 3 N–H and O–H groups in total. The van der Waals surface area contributed by atoms with E-state index in [0.29, 0.717) is 12.8 Å². The molecule has 0 heterocycles. The molecule has 1 rings (SSSR count). The van der Waals surface area contributed by atoms with E-state index in [0.717, 1.165) is 19.3 Å². The van der Waals surface area contributed by atoms with Crippen LogP contribution >= 0.6 is 0 Å². The molecule has 6 heteroatoms. The normalized spacial score (nSPS) is 17.7.